The van der Waals surface area contributed by atoms with Gasteiger partial charge in [0.05, 0.1) is 12.7 Å². The molecule has 3 heterocycles. The van der Waals surface area contributed by atoms with Gasteiger partial charge in [-0.05, 0) is 60.0 Å². The van der Waals surface area contributed by atoms with Gasteiger partial charge in [-0.25, -0.2) is 4.79 Å². The molecule has 1 aromatic heterocycles. The summed E-state index contributed by atoms with van der Waals surface area (Å²) in [6.07, 6.45) is 2.76. The van der Waals surface area contributed by atoms with Gasteiger partial charge in [-0.3, -0.25) is 4.79 Å². The Morgan fingerprint density at radius 1 is 1.10 bits per heavy atom. The third kappa shape index (κ3) is 3.86. The fourth-order valence-corrected chi connectivity index (χ4v) is 4.92. The Balaban J connectivity index is 1.30. The molecule has 1 amide bonds. The quantitative estimate of drug-likeness (QED) is 0.425. The number of hydrogen-bond donors (Lipinski definition) is 0. The van der Waals surface area contributed by atoms with E-state index in [-0.39, 0.29) is 11.9 Å². The van der Waals surface area contributed by atoms with Crippen molar-refractivity contribution in [3.8, 4) is 16.2 Å². The SMILES string of the molecule is COc1ccc(CN2CCC(=Cc3ccc(-c4ccc5c(c4)COC5=O)s3)C2=O)cc1. The minimum absolute atomic E-state index is 0.0963. The number of ether oxygens (including phenoxy) is 2. The number of thiophene rings is 1. The lowest BCUT2D eigenvalue weighted by Crippen LogP contribution is -2.24. The molecule has 0 radical (unpaired) electrons. The minimum atomic E-state index is -0.253. The zero-order chi connectivity index (χ0) is 21.4. The van der Waals surface area contributed by atoms with Gasteiger partial charge in [0, 0.05) is 34.0 Å². The first-order valence-electron chi connectivity index (χ1n) is 10.1. The molecule has 2 aromatic carbocycles. The minimum Gasteiger partial charge on any atom is -0.497 e. The van der Waals surface area contributed by atoms with Crippen molar-refractivity contribution in [3.63, 3.8) is 0 Å². The van der Waals surface area contributed by atoms with E-state index in [1.54, 1.807) is 18.4 Å². The third-order valence-electron chi connectivity index (χ3n) is 5.66. The molecule has 31 heavy (non-hydrogen) atoms. The van der Waals surface area contributed by atoms with Gasteiger partial charge in [0.2, 0.25) is 5.91 Å². The van der Waals surface area contributed by atoms with E-state index < -0.39 is 0 Å². The zero-order valence-electron chi connectivity index (χ0n) is 17.1. The molecule has 3 aromatic rings. The summed E-state index contributed by atoms with van der Waals surface area (Å²) in [5, 5.41) is 0. The Hall–Kier alpha value is -3.38. The number of amides is 1. The van der Waals surface area contributed by atoms with Crippen molar-refractivity contribution in [2.24, 2.45) is 0 Å². The number of likely N-dealkylation sites (tertiary alicyclic amines) is 1. The Morgan fingerprint density at radius 3 is 2.74 bits per heavy atom. The van der Waals surface area contributed by atoms with Gasteiger partial charge in [0.25, 0.3) is 0 Å². The van der Waals surface area contributed by atoms with Gasteiger partial charge >= 0.3 is 5.97 Å². The van der Waals surface area contributed by atoms with Crippen molar-refractivity contribution in [1.82, 2.24) is 4.90 Å². The monoisotopic (exact) mass is 431 g/mol. The molecule has 0 saturated carbocycles. The van der Waals surface area contributed by atoms with Crippen molar-refractivity contribution in [2.45, 2.75) is 19.6 Å². The molecule has 0 unspecified atom stereocenters. The van der Waals surface area contributed by atoms with E-state index in [1.165, 1.54) is 0 Å². The summed E-state index contributed by atoms with van der Waals surface area (Å²) in [6.45, 7) is 1.67. The smallest absolute Gasteiger partial charge is 0.338 e. The number of carbonyl (C=O) groups excluding carboxylic acids is 2. The van der Waals surface area contributed by atoms with Crippen molar-refractivity contribution in [2.75, 3.05) is 13.7 Å². The van der Waals surface area contributed by atoms with Crippen LogP contribution in [0.25, 0.3) is 16.5 Å². The van der Waals surface area contributed by atoms with Gasteiger partial charge in [0.15, 0.2) is 0 Å². The summed E-state index contributed by atoms with van der Waals surface area (Å²) < 4.78 is 10.3. The second kappa shape index (κ2) is 8.04. The molecule has 1 saturated heterocycles. The Bertz CT molecular complexity index is 1190. The number of hydrogen-bond acceptors (Lipinski definition) is 5. The number of methoxy groups -OCH3 is 1. The molecule has 1 fully saturated rings. The van der Waals surface area contributed by atoms with E-state index >= 15 is 0 Å². The van der Waals surface area contributed by atoms with E-state index in [2.05, 4.69) is 6.07 Å². The molecule has 0 spiro atoms. The van der Waals surface area contributed by atoms with Crippen LogP contribution in [0.4, 0.5) is 0 Å². The first-order chi connectivity index (χ1) is 15.1. The molecule has 2 aliphatic heterocycles. The van der Waals surface area contributed by atoms with Crippen LogP contribution < -0.4 is 4.74 Å². The van der Waals surface area contributed by atoms with Gasteiger partial charge < -0.3 is 14.4 Å². The van der Waals surface area contributed by atoms with Crippen LogP contribution in [0.5, 0.6) is 5.75 Å². The van der Waals surface area contributed by atoms with Crippen LogP contribution in [0.1, 0.15) is 32.8 Å². The summed E-state index contributed by atoms with van der Waals surface area (Å²) in [4.78, 5) is 28.6. The predicted octanol–water partition coefficient (Wildman–Crippen LogP) is 4.91. The highest BCUT2D eigenvalue weighted by Gasteiger charge is 2.26. The summed E-state index contributed by atoms with van der Waals surface area (Å²) in [7, 11) is 1.64. The van der Waals surface area contributed by atoms with Crippen molar-refractivity contribution in [1.29, 1.82) is 0 Å². The molecule has 156 valence electrons. The Morgan fingerprint density at radius 2 is 1.94 bits per heavy atom. The van der Waals surface area contributed by atoms with Gasteiger partial charge in [-0.2, -0.15) is 0 Å². The number of cyclic esters (lactones) is 1. The van der Waals surface area contributed by atoms with Crippen molar-refractivity contribution >= 4 is 29.3 Å². The van der Waals surface area contributed by atoms with Crippen molar-refractivity contribution in [3.05, 3.63) is 81.7 Å². The van der Waals surface area contributed by atoms with Crippen LogP contribution in [-0.2, 0) is 22.7 Å². The zero-order valence-corrected chi connectivity index (χ0v) is 17.9. The summed E-state index contributed by atoms with van der Waals surface area (Å²) in [5.41, 5.74) is 4.57. The van der Waals surface area contributed by atoms with Crippen LogP contribution >= 0.6 is 11.3 Å². The molecule has 6 heteroatoms. The number of esters is 1. The van der Waals surface area contributed by atoms with E-state index in [1.807, 2.05) is 59.5 Å². The van der Waals surface area contributed by atoms with Crippen LogP contribution in [0.2, 0.25) is 0 Å². The van der Waals surface area contributed by atoms with E-state index in [9.17, 15) is 9.59 Å². The maximum absolute atomic E-state index is 12.9. The summed E-state index contributed by atoms with van der Waals surface area (Å²) >= 11 is 1.64. The lowest BCUT2D eigenvalue weighted by atomic mass is 10.1. The van der Waals surface area contributed by atoms with Crippen molar-refractivity contribution < 1.29 is 19.1 Å². The van der Waals surface area contributed by atoms with Gasteiger partial charge in [-0.1, -0.05) is 18.2 Å². The van der Waals surface area contributed by atoms with Crippen LogP contribution in [0, 0.1) is 0 Å². The van der Waals surface area contributed by atoms with Crippen LogP contribution in [0.15, 0.2) is 60.2 Å². The molecular formula is C25H21NO4S. The molecule has 2 aliphatic rings. The number of rotatable bonds is 5. The molecule has 0 bridgehead atoms. The maximum atomic E-state index is 12.9. The molecule has 5 rings (SSSR count). The fraction of sp³-hybridized carbons (Fsp3) is 0.200. The largest absolute Gasteiger partial charge is 0.497 e. The number of nitrogens with zero attached hydrogens (tertiary/aromatic N) is 1. The van der Waals surface area contributed by atoms with Crippen LogP contribution in [-0.4, -0.2) is 30.4 Å². The average molecular weight is 432 g/mol. The topological polar surface area (TPSA) is 55.8 Å². The van der Waals surface area contributed by atoms with Crippen LogP contribution in [0.3, 0.4) is 0 Å². The molecule has 0 aliphatic carbocycles. The highest BCUT2D eigenvalue weighted by molar-refractivity contribution is 7.16. The standard InChI is InChI=1S/C25H21NO4S/c1-29-20-5-2-16(3-6-20)14-26-11-10-18(24(26)27)13-21-7-9-23(31-21)17-4-8-22-19(12-17)15-30-25(22)28/h2-9,12-13H,10-11,14-15H2,1H3. The first-order valence-corrected chi connectivity index (χ1v) is 11.0. The van der Waals surface area contributed by atoms with Gasteiger partial charge in [0.1, 0.15) is 12.4 Å². The molecule has 0 atom stereocenters. The number of fused-ring (bicyclic) bond motifs is 1. The maximum Gasteiger partial charge on any atom is 0.338 e. The van der Waals surface area contributed by atoms with Gasteiger partial charge in [-0.15, -0.1) is 11.3 Å². The average Bonchev–Trinajstić information content (AvgIpc) is 3.50. The fourth-order valence-electron chi connectivity index (χ4n) is 3.95. The number of benzene rings is 2. The molecule has 5 nitrogen and oxygen atoms in total. The Labute approximate surface area is 184 Å². The number of carbonyl (C=O) groups is 2. The van der Waals surface area contributed by atoms with E-state index in [0.717, 1.165) is 50.7 Å². The second-order valence-electron chi connectivity index (χ2n) is 7.64. The van der Waals surface area contributed by atoms with E-state index in [4.69, 9.17) is 9.47 Å². The lowest BCUT2D eigenvalue weighted by molar-refractivity contribution is -0.125. The highest BCUT2D eigenvalue weighted by atomic mass is 32.1. The lowest BCUT2D eigenvalue weighted by Gasteiger charge is -2.15. The summed E-state index contributed by atoms with van der Waals surface area (Å²) in [5.74, 6) is 0.657. The van der Waals surface area contributed by atoms with E-state index in [0.29, 0.717) is 18.7 Å². The molecular weight excluding hydrogens is 410 g/mol. The molecule has 0 N–H and O–H groups in total. The summed E-state index contributed by atoms with van der Waals surface area (Å²) in [6, 6.07) is 17.7. The third-order valence-corrected chi connectivity index (χ3v) is 6.74. The predicted molar refractivity (Wildman–Crippen MR) is 120 cm³/mol. The Kier molecular flexibility index (Phi) is 5.08. The first kappa shape index (κ1) is 19.6. The second-order valence-corrected chi connectivity index (χ2v) is 8.76. The highest BCUT2D eigenvalue weighted by Crippen LogP contribution is 2.33. The normalized spacial score (nSPS) is 16.7.